The highest BCUT2D eigenvalue weighted by Gasteiger charge is 2.49. The lowest BCUT2D eigenvalue weighted by atomic mass is 9.86. The van der Waals surface area contributed by atoms with Gasteiger partial charge in [0.05, 0.1) is 24.2 Å². The van der Waals surface area contributed by atoms with Gasteiger partial charge in [-0.05, 0) is 48.4 Å². The number of hydrogen-bond donors (Lipinski definition) is 2. The Balaban J connectivity index is 1.16. The van der Waals surface area contributed by atoms with E-state index >= 15 is 0 Å². The molecule has 9 nitrogen and oxygen atoms in total. The molecule has 1 aromatic heterocycles. The highest BCUT2D eigenvalue weighted by molar-refractivity contribution is 7.89. The molecule has 0 radical (unpaired) electrons. The Hall–Kier alpha value is -3.61. The van der Waals surface area contributed by atoms with E-state index in [0.29, 0.717) is 59.9 Å². The van der Waals surface area contributed by atoms with Crippen molar-refractivity contribution < 1.29 is 36.5 Å². The van der Waals surface area contributed by atoms with Crippen LogP contribution in [0.5, 0.6) is 5.75 Å². The van der Waals surface area contributed by atoms with Gasteiger partial charge in [0.1, 0.15) is 22.9 Å². The van der Waals surface area contributed by atoms with Crippen LogP contribution in [-0.4, -0.2) is 44.1 Å². The summed E-state index contributed by atoms with van der Waals surface area (Å²) in [7, 11) is -3.82. The molecule has 2 fully saturated rings. The van der Waals surface area contributed by atoms with Gasteiger partial charge in [0.15, 0.2) is 17.9 Å². The van der Waals surface area contributed by atoms with Gasteiger partial charge in [-0.3, -0.25) is 0 Å². The summed E-state index contributed by atoms with van der Waals surface area (Å²) < 4.78 is 61.5. The number of rotatable bonds is 9. The Morgan fingerprint density at radius 3 is 2.61 bits per heavy atom. The van der Waals surface area contributed by atoms with Crippen LogP contribution in [0.15, 0.2) is 82.1 Å². The maximum Gasteiger partial charge on any atom is 0.238 e. The maximum absolute atomic E-state index is 14.5. The topological polar surface area (TPSA) is 134 Å². The van der Waals surface area contributed by atoms with Crippen molar-refractivity contribution in [2.45, 2.75) is 48.6 Å². The van der Waals surface area contributed by atoms with Crippen LogP contribution in [0.3, 0.4) is 0 Å². The Morgan fingerprint density at radius 1 is 1.07 bits per heavy atom. The molecular formula is C30H29FN2O7S. The fourth-order valence-corrected chi connectivity index (χ4v) is 5.82. The molecule has 11 heteroatoms. The zero-order chi connectivity index (χ0) is 28.6. The van der Waals surface area contributed by atoms with Crippen LogP contribution in [0.1, 0.15) is 30.7 Å². The predicted octanol–water partition coefficient (Wildman–Crippen LogP) is 4.53. The van der Waals surface area contributed by atoms with E-state index in [1.807, 2.05) is 30.3 Å². The second kappa shape index (κ2) is 11.0. The number of primary sulfonamides is 1. The number of hydrogen-bond acceptors (Lipinski definition) is 8. The number of nitrogens with two attached hydrogens (primary N) is 1. The van der Waals surface area contributed by atoms with Crippen LogP contribution in [0.4, 0.5) is 4.39 Å². The first-order valence-electron chi connectivity index (χ1n) is 13.3. The number of halogens is 1. The SMILES string of the molecule is NS(=O)(=O)c1ccc(-c2oc(CCCOc3cc(F)cc([C@]45CO[C@@H](CC(O)C4)O5)c3)nc2-c2ccccc2)cc1. The highest BCUT2D eigenvalue weighted by atomic mass is 32.2. The average molecular weight is 581 g/mol. The maximum atomic E-state index is 14.5. The minimum absolute atomic E-state index is 0.00556. The van der Waals surface area contributed by atoms with E-state index in [4.69, 9.17) is 28.8 Å². The van der Waals surface area contributed by atoms with Gasteiger partial charge in [0.2, 0.25) is 10.0 Å². The Kier molecular flexibility index (Phi) is 7.39. The fraction of sp³-hybridized carbons (Fsp3) is 0.300. The third kappa shape index (κ3) is 5.90. The molecule has 3 heterocycles. The fourth-order valence-electron chi connectivity index (χ4n) is 5.30. The molecule has 2 saturated heterocycles. The Bertz CT molecular complexity index is 1640. The molecule has 0 saturated carbocycles. The van der Waals surface area contributed by atoms with Crippen molar-refractivity contribution >= 4 is 10.0 Å². The van der Waals surface area contributed by atoms with E-state index < -0.39 is 33.8 Å². The van der Waals surface area contributed by atoms with Gasteiger partial charge in [-0.1, -0.05) is 30.3 Å². The molecule has 4 aromatic rings. The lowest BCUT2D eigenvalue weighted by Crippen LogP contribution is -2.39. The number of benzene rings is 3. The molecule has 6 rings (SSSR count). The first-order chi connectivity index (χ1) is 19.7. The van der Waals surface area contributed by atoms with Gasteiger partial charge in [-0.15, -0.1) is 0 Å². The van der Waals surface area contributed by atoms with Crippen LogP contribution in [0.25, 0.3) is 22.6 Å². The van der Waals surface area contributed by atoms with Gasteiger partial charge < -0.3 is 23.7 Å². The number of oxazole rings is 1. The molecule has 0 aliphatic carbocycles. The van der Waals surface area contributed by atoms with Gasteiger partial charge in [0.25, 0.3) is 0 Å². The molecule has 3 aromatic carbocycles. The van der Waals surface area contributed by atoms with Crippen molar-refractivity contribution in [3.63, 3.8) is 0 Å². The summed E-state index contributed by atoms with van der Waals surface area (Å²) in [5.41, 5.74) is 1.82. The second-order valence-corrected chi connectivity index (χ2v) is 11.9. The summed E-state index contributed by atoms with van der Waals surface area (Å²) in [5.74, 6) is 0.885. The summed E-state index contributed by atoms with van der Waals surface area (Å²) >= 11 is 0. The molecule has 214 valence electrons. The summed E-state index contributed by atoms with van der Waals surface area (Å²) in [6, 6.07) is 20.1. The third-order valence-corrected chi connectivity index (χ3v) is 8.18. The largest absolute Gasteiger partial charge is 0.493 e. The molecule has 41 heavy (non-hydrogen) atoms. The summed E-state index contributed by atoms with van der Waals surface area (Å²) in [6.45, 7) is 0.526. The summed E-state index contributed by atoms with van der Waals surface area (Å²) in [4.78, 5) is 4.72. The molecule has 0 spiro atoms. The quantitative estimate of drug-likeness (QED) is 0.276. The molecule has 0 amide bonds. The molecule has 2 bridgehead atoms. The molecule has 1 unspecified atom stereocenters. The van der Waals surface area contributed by atoms with Crippen molar-refractivity contribution in [1.29, 1.82) is 0 Å². The zero-order valence-electron chi connectivity index (χ0n) is 22.0. The molecule has 2 aliphatic rings. The minimum atomic E-state index is -3.82. The van der Waals surface area contributed by atoms with Gasteiger partial charge in [-0.2, -0.15) is 0 Å². The van der Waals surface area contributed by atoms with Crippen molar-refractivity contribution in [3.8, 4) is 28.3 Å². The van der Waals surface area contributed by atoms with Crippen molar-refractivity contribution in [3.05, 3.63) is 90.1 Å². The van der Waals surface area contributed by atoms with Gasteiger partial charge >= 0.3 is 0 Å². The van der Waals surface area contributed by atoms with Crippen LogP contribution in [0, 0.1) is 5.82 Å². The lowest BCUT2D eigenvalue weighted by Gasteiger charge is -2.34. The number of sulfonamides is 1. The first kappa shape index (κ1) is 27.6. The summed E-state index contributed by atoms with van der Waals surface area (Å²) in [5, 5.41) is 15.5. The predicted molar refractivity (Wildman–Crippen MR) is 147 cm³/mol. The average Bonchev–Trinajstić information content (AvgIpc) is 3.52. The normalized spacial score (nSPS) is 22.1. The van der Waals surface area contributed by atoms with Crippen molar-refractivity contribution in [1.82, 2.24) is 4.98 Å². The number of aliphatic hydroxyl groups is 1. The van der Waals surface area contributed by atoms with Crippen LogP contribution in [-0.2, 0) is 31.5 Å². The van der Waals surface area contributed by atoms with E-state index in [1.165, 1.54) is 24.3 Å². The van der Waals surface area contributed by atoms with E-state index in [1.54, 1.807) is 18.2 Å². The highest BCUT2D eigenvalue weighted by Crippen LogP contribution is 2.44. The monoisotopic (exact) mass is 580 g/mol. The van der Waals surface area contributed by atoms with E-state index in [2.05, 4.69) is 0 Å². The standard InChI is InChI=1S/C30H29FN2O7S/c31-22-13-21(30-17-23(34)16-27(40-30)38-18-30)14-24(15-22)37-12-4-7-26-33-28(19-5-2-1-3-6-19)29(39-26)20-8-10-25(11-9-20)41(32,35)36/h1-3,5-6,8-11,13-15,23,27,34H,4,7,12,16-18H2,(H2,32,35,36)/t23?,27-,30-/m1/s1. The Morgan fingerprint density at radius 2 is 1.85 bits per heavy atom. The number of fused-ring (bicyclic) bond motifs is 2. The second-order valence-electron chi connectivity index (χ2n) is 10.3. The van der Waals surface area contributed by atoms with Crippen LogP contribution >= 0.6 is 0 Å². The van der Waals surface area contributed by atoms with E-state index in [9.17, 15) is 17.9 Å². The van der Waals surface area contributed by atoms with Crippen molar-refractivity contribution in [2.75, 3.05) is 13.2 Å². The summed E-state index contributed by atoms with van der Waals surface area (Å²) in [6.07, 6.45) is 0.636. The van der Waals surface area contributed by atoms with Crippen LogP contribution < -0.4 is 9.88 Å². The number of aryl methyl sites for hydroxylation is 1. The lowest BCUT2D eigenvalue weighted by molar-refractivity contribution is -0.156. The smallest absolute Gasteiger partial charge is 0.238 e. The molecule has 3 atom stereocenters. The molecule has 3 N–H and O–H groups in total. The minimum Gasteiger partial charge on any atom is -0.493 e. The number of aromatic nitrogens is 1. The molecule has 2 aliphatic heterocycles. The van der Waals surface area contributed by atoms with E-state index in [-0.39, 0.29) is 18.1 Å². The van der Waals surface area contributed by atoms with Gasteiger partial charge in [-0.25, -0.2) is 22.9 Å². The van der Waals surface area contributed by atoms with Crippen LogP contribution in [0.2, 0.25) is 0 Å². The number of ether oxygens (including phenoxy) is 3. The third-order valence-electron chi connectivity index (χ3n) is 7.25. The first-order valence-corrected chi connectivity index (χ1v) is 14.8. The molecular weight excluding hydrogens is 551 g/mol. The number of aliphatic hydroxyl groups excluding tert-OH is 1. The van der Waals surface area contributed by atoms with Gasteiger partial charge in [0, 0.05) is 36.5 Å². The van der Waals surface area contributed by atoms with Crippen molar-refractivity contribution in [2.24, 2.45) is 5.14 Å². The number of nitrogens with zero attached hydrogens (tertiary/aromatic N) is 1. The zero-order valence-corrected chi connectivity index (χ0v) is 22.8. The Labute approximate surface area is 236 Å². The van der Waals surface area contributed by atoms with E-state index in [0.717, 1.165) is 5.56 Å².